The van der Waals surface area contributed by atoms with Crippen LogP contribution in [0.3, 0.4) is 0 Å². The molecule has 0 spiro atoms. The van der Waals surface area contributed by atoms with Gasteiger partial charge in [0.05, 0.1) is 5.92 Å². The molecule has 174 valence electrons. The predicted molar refractivity (Wildman–Crippen MR) is 140 cm³/mol. The van der Waals surface area contributed by atoms with Crippen molar-refractivity contribution in [3.8, 4) is 0 Å². The van der Waals surface area contributed by atoms with Crippen molar-refractivity contribution in [3.05, 3.63) is 102 Å². The van der Waals surface area contributed by atoms with Crippen molar-refractivity contribution in [2.75, 3.05) is 18.4 Å². The van der Waals surface area contributed by atoms with Crippen LogP contribution >= 0.6 is 12.2 Å². The molecule has 1 heterocycles. The molecule has 0 saturated carbocycles. The number of piperidine rings is 1. The van der Waals surface area contributed by atoms with Crippen LogP contribution in [-0.2, 0) is 4.79 Å². The second kappa shape index (κ2) is 11.1. The lowest BCUT2D eigenvalue weighted by atomic mass is 9.90. The number of rotatable bonds is 5. The Morgan fingerprint density at radius 2 is 1.38 bits per heavy atom. The first kappa shape index (κ1) is 23.6. The highest BCUT2D eigenvalue weighted by Gasteiger charge is 2.24. The van der Waals surface area contributed by atoms with Gasteiger partial charge in [-0.2, -0.15) is 0 Å². The average molecular weight is 472 g/mol. The van der Waals surface area contributed by atoms with E-state index in [0.717, 1.165) is 37.1 Å². The van der Waals surface area contributed by atoms with Crippen LogP contribution in [0, 0.1) is 5.92 Å². The van der Waals surface area contributed by atoms with E-state index in [1.165, 1.54) is 0 Å². The summed E-state index contributed by atoms with van der Waals surface area (Å²) in [6.45, 7) is 3.84. The largest absolute Gasteiger partial charge is 0.339 e. The van der Waals surface area contributed by atoms with Crippen molar-refractivity contribution >= 4 is 34.8 Å². The fourth-order valence-electron chi connectivity index (χ4n) is 4.22. The van der Waals surface area contributed by atoms with E-state index in [4.69, 9.17) is 12.2 Å². The molecular formula is C28H29N3O2S. The molecule has 3 aromatic rings. The summed E-state index contributed by atoms with van der Waals surface area (Å²) in [4.78, 5) is 27.9. The van der Waals surface area contributed by atoms with Crippen molar-refractivity contribution in [2.24, 2.45) is 5.92 Å². The Morgan fingerprint density at radius 1 is 0.853 bits per heavy atom. The number of amides is 2. The molecule has 5 nitrogen and oxygen atoms in total. The van der Waals surface area contributed by atoms with E-state index in [1.54, 1.807) is 12.1 Å². The van der Waals surface area contributed by atoms with Gasteiger partial charge >= 0.3 is 0 Å². The van der Waals surface area contributed by atoms with Crippen LogP contribution in [0.15, 0.2) is 84.9 Å². The third-order valence-electron chi connectivity index (χ3n) is 6.23. The van der Waals surface area contributed by atoms with E-state index in [1.807, 2.05) is 77.7 Å². The van der Waals surface area contributed by atoms with Crippen LogP contribution < -0.4 is 10.6 Å². The van der Waals surface area contributed by atoms with Crippen molar-refractivity contribution in [2.45, 2.75) is 25.7 Å². The normalized spacial score (nSPS) is 14.0. The topological polar surface area (TPSA) is 61.4 Å². The quantitative estimate of drug-likeness (QED) is 0.502. The molecule has 34 heavy (non-hydrogen) atoms. The van der Waals surface area contributed by atoms with Gasteiger partial charge in [0.2, 0.25) is 5.91 Å². The van der Waals surface area contributed by atoms with Gasteiger partial charge in [-0.15, -0.1) is 0 Å². The molecule has 1 fully saturated rings. The number of benzene rings is 3. The van der Waals surface area contributed by atoms with E-state index in [0.29, 0.717) is 17.2 Å². The van der Waals surface area contributed by atoms with Gasteiger partial charge in [-0.3, -0.25) is 9.59 Å². The molecule has 4 rings (SSSR count). The zero-order valence-corrected chi connectivity index (χ0v) is 20.1. The molecule has 0 aliphatic carbocycles. The summed E-state index contributed by atoms with van der Waals surface area (Å²) in [5.41, 5.74) is 3.15. The van der Waals surface area contributed by atoms with Gasteiger partial charge in [0.25, 0.3) is 5.91 Å². The highest BCUT2D eigenvalue weighted by Crippen LogP contribution is 2.25. The first-order valence-corrected chi connectivity index (χ1v) is 12.0. The Bertz CT molecular complexity index is 1090. The highest BCUT2D eigenvalue weighted by atomic mass is 32.1. The summed E-state index contributed by atoms with van der Waals surface area (Å²) < 4.78 is 0. The van der Waals surface area contributed by atoms with Gasteiger partial charge in [-0.05, 0) is 66.4 Å². The van der Waals surface area contributed by atoms with E-state index < -0.39 is 5.92 Å². The minimum absolute atomic E-state index is 0.0582. The molecule has 0 bridgehead atoms. The molecule has 0 radical (unpaired) electrons. The lowest BCUT2D eigenvalue weighted by molar-refractivity contribution is -0.120. The van der Waals surface area contributed by atoms with Crippen molar-refractivity contribution in [1.82, 2.24) is 10.2 Å². The summed E-state index contributed by atoms with van der Waals surface area (Å²) in [6.07, 6.45) is 2.10. The maximum atomic E-state index is 13.2. The fourth-order valence-corrected chi connectivity index (χ4v) is 4.44. The SMILES string of the molecule is CC1CCN(C(=O)c2ccc(NC(=S)NC(=O)C(c3ccccc3)c3ccccc3)cc2)CC1. The molecule has 0 aromatic heterocycles. The zero-order chi connectivity index (χ0) is 23.9. The summed E-state index contributed by atoms with van der Waals surface area (Å²) in [7, 11) is 0. The lowest BCUT2D eigenvalue weighted by Crippen LogP contribution is -2.38. The standard InChI is InChI=1S/C28H29N3O2S/c1-20-16-18-31(19-17-20)27(33)23-12-14-24(15-13-23)29-28(34)30-26(32)25(21-8-4-2-5-9-21)22-10-6-3-7-11-22/h2-15,20,25H,16-19H2,1H3,(H2,29,30,32,34). The first-order chi connectivity index (χ1) is 16.5. The number of nitrogens with one attached hydrogen (secondary N) is 2. The van der Waals surface area contributed by atoms with E-state index >= 15 is 0 Å². The van der Waals surface area contributed by atoms with Crippen molar-refractivity contribution in [1.29, 1.82) is 0 Å². The molecule has 0 unspecified atom stereocenters. The number of hydrogen-bond acceptors (Lipinski definition) is 3. The Kier molecular flexibility index (Phi) is 7.70. The number of thiocarbonyl (C=S) groups is 1. The van der Waals surface area contributed by atoms with Crippen molar-refractivity contribution < 1.29 is 9.59 Å². The predicted octanol–water partition coefficient (Wildman–Crippen LogP) is 5.20. The average Bonchev–Trinajstić information content (AvgIpc) is 2.86. The number of carbonyl (C=O) groups excluding carboxylic acids is 2. The number of likely N-dealkylation sites (tertiary alicyclic amines) is 1. The molecule has 3 aromatic carbocycles. The minimum atomic E-state index is -0.477. The summed E-state index contributed by atoms with van der Waals surface area (Å²) >= 11 is 5.41. The smallest absolute Gasteiger partial charge is 0.253 e. The van der Waals surface area contributed by atoms with Crippen LogP contribution in [0.4, 0.5) is 5.69 Å². The number of nitrogens with zero attached hydrogens (tertiary/aromatic N) is 1. The maximum absolute atomic E-state index is 13.2. The zero-order valence-electron chi connectivity index (χ0n) is 19.2. The Labute approximate surface area is 206 Å². The fraction of sp³-hybridized carbons (Fsp3) is 0.250. The van der Waals surface area contributed by atoms with Gasteiger partial charge in [-0.25, -0.2) is 0 Å². The van der Waals surface area contributed by atoms with E-state index in [2.05, 4.69) is 17.6 Å². The minimum Gasteiger partial charge on any atom is -0.339 e. The highest BCUT2D eigenvalue weighted by molar-refractivity contribution is 7.80. The Hall–Kier alpha value is -3.51. The second-order valence-corrected chi connectivity index (χ2v) is 9.16. The molecule has 1 aliphatic rings. The Balaban J connectivity index is 1.39. The van der Waals surface area contributed by atoms with Crippen LogP contribution in [0.1, 0.15) is 47.2 Å². The van der Waals surface area contributed by atoms with Crippen LogP contribution in [0.25, 0.3) is 0 Å². The first-order valence-electron chi connectivity index (χ1n) is 11.6. The van der Waals surface area contributed by atoms with Gasteiger partial charge < -0.3 is 15.5 Å². The van der Waals surface area contributed by atoms with Gasteiger partial charge in [0, 0.05) is 24.3 Å². The second-order valence-electron chi connectivity index (χ2n) is 8.75. The third kappa shape index (κ3) is 5.88. The molecule has 0 atom stereocenters. The maximum Gasteiger partial charge on any atom is 0.253 e. The summed E-state index contributed by atoms with van der Waals surface area (Å²) in [5.74, 6) is 0.0496. The van der Waals surface area contributed by atoms with Crippen LogP contribution in [-0.4, -0.2) is 34.9 Å². The summed E-state index contributed by atoms with van der Waals surface area (Å²) in [6, 6.07) is 26.5. The molecular weight excluding hydrogens is 442 g/mol. The summed E-state index contributed by atoms with van der Waals surface area (Å²) in [5, 5.41) is 6.10. The Morgan fingerprint density at radius 3 is 1.91 bits per heavy atom. The number of hydrogen-bond donors (Lipinski definition) is 2. The van der Waals surface area contributed by atoms with Gasteiger partial charge in [0.15, 0.2) is 5.11 Å². The van der Waals surface area contributed by atoms with Crippen molar-refractivity contribution in [3.63, 3.8) is 0 Å². The molecule has 1 aliphatic heterocycles. The number of anilines is 1. The number of carbonyl (C=O) groups is 2. The van der Waals surface area contributed by atoms with Gasteiger partial charge in [0.1, 0.15) is 0 Å². The molecule has 2 amide bonds. The van der Waals surface area contributed by atoms with E-state index in [9.17, 15) is 9.59 Å². The molecule has 1 saturated heterocycles. The monoisotopic (exact) mass is 471 g/mol. The lowest BCUT2D eigenvalue weighted by Gasteiger charge is -2.30. The molecule has 6 heteroatoms. The molecule has 2 N–H and O–H groups in total. The van der Waals surface area contributed by atoms with Crippen LogP contribution in [0.5, 0.6) is 0 Å². The van der Waals surface area contributed by atoms with Gasteiger partial charge in [-0.1, -0.05) is 67.6 Å². The van der Waals surface area contributed by atoms with Crippen LogP contribution in [0.2, 0.25) is 0 Å². The third-order valence-corrected chi connectivity index (χ3v) is 6.43. The van der Waals surface area contributed by atoms with E-state index in [-0.39, 0.29) is 16.9 Å².